The Morgan fingerprint density at radius 1 is 1.33 bits per heavy atom. The second-order valence-corrected chi connectivity index (χ2v) is 5.24. The van der Waals surface area contributed by atoms with Gasteiger partial charge in [0.2, 0.25) is 0 Å². The lowest BCUT2D eigenvalue weighted by molar-refractivity contribution is 0.339. The molecule has 0 aliphatic carbocycles. The normalized spacial score (nSPS) is 11.3. The van der Waals surface area contributed by atoms with Gasteiger partial charge in [-0.05, 0) is 0 Å². The van der Waals surface area contributed by atoms with Crippen molar-refractivity contribution in [1.82, 2.24) is 9.88 Å². The zero-order chi connectivity index (χ0) is 13.0. The smallest absolute Gasteiger partial charge is 0.277 e. The molecule has 0 aliphatic rings. The van der Waals surface area contributed by atoms with Gasteiger partial charge >= 0.3 is 0 Å². The lowest BCUT2D eigenvalue weighted by atomic mass is 10.2. The number of nitrogens with zero attached hydrogens (tertiary/aromatic N) is 1. The number of sulfonamides is 1. The molecule has 1 aromatic carbocycles. The summed E-state index contributed by atoms with van der Waals surface area (Å²) in [5.41, 5.74) is 1.28. The van der Waals surface area contributed by atoms with Gasteiger partial charge in [0.25, 0.3) is 15.1 Å². The van der Waals surface area contributed by atoms with Crippen LogP contribution in [0.15, 0.2) is 58.7 Å². The third-order valence-corrected chi connectivity index (χ3v) is 3.51. The number of nitrogens with one attached hydrogen (secondary N) is 1. The van der Waals surface area contributed by atoms with Gasteiger partial charge in [0.15, 0.2) is 0 Å². The molecule has 0 spiro atoms. The molecule has 0 saturated heterocycles. The summed E-state index contributed by atoms with van der Waals surface area (Å²) in [6.45, 7) is 3.58. The monoisotopic (exact) mass is 264 g/mol. The lowest BCUT2D eigenvalue weighted by Gasteiger charge is -1.97. The highest BCUT2D eigenvalue weighted by Gasteiger charge is 2.19. The zero-order valence-corrected chi connectivity index (χ0v) is 10.4. The van der Waals surface area contributed by atoms with Crippen LogP contribution in [0.4, 0.5) is 0 Å². The Balaban J connectivity index is 2.29. The van der Waals surface area contributed by atoms with Crippen molar-refractivity contribution in [3.8, 4) is 11.3 Å². The van der Waals surface area contributed by atoms with Crippen LogP contribution in [0.2, 0.25) is 0 Å². The summed E-state index contributed by atoms with van der Waals surface area (Å²) in [6, 6.07) is 10.6. The van der Waals surface area contributed by atoms with E-state index in [4.69, 9.17) is 4.52 Å². The molecule has 5 nitrogen and oxygen atoms in total. The van der Waals surface area contributed by atoms with E-state index in [0.29, 0.717) is 5.69 Å². The van der Waals surface area contributed by atoms with Gasteiger partial charge in [-0.25, -0.2) is 13.1 Å². The van der Waals surface area contributed by atoms with Crippen LogP contribution in [-0.4, -0.2) is 20.1 Å². The summed E-state index contributed by atoms with van der Waals surface area (Å²) < 4.78 is 30.6. The van der Waals surface area contributed by atoms with E-state index < -0.39 is 10.0 Å². The molecule has 0 aliphatic heterocycles. The van der Waals surface area contributed by atoms with Gasteiger partial charge in [-0.2, -0.15) is 0 Å². The standard InChI is InChI=1S/C12H12N2O3S/c1-2-8-13-18(15,16)12-9-11(14-17-12)10-6-4-3-5-7-10/h2-7,9,13H,1,8H2. The van der Waals surface area contributed by atoms with Crippen LogP contribution in [0, 0.1) is 0 Å². The van der Waals surface area contributed by atoms with Crippen molar-refractivity contribution in [3.63, 3.8) is 0 Å². The minimum atomic E-state index is -3.66. The molecule has 0 fully saturated rings. The number of hydrogen-bond acceptors (Lipinski definition) is 4. The average Bonchev–Trinajstić information content (AvgIpc) is 2.88. The Labute approximate surface area is 105 Å². The molecule has 0 bridgehead atoms. The molecular formula is C12H12N2O3S. The van der Waals surface area contributed by atoms with Gasteiger partial charge in [-0.15, -0.1) is 6.58 Å². The van der Waals surface area contributed by atoms with E-state index in [-0.39, 0.29) is 11.6 Å². The molecule has 18 heavy (non-hydrogen) atoms. The molecule has 0 saturated carbocycles. The first-order valence-corrected chi connectivity index (χ1v) is 6.74. The highest BCUT2D eigenvalue weighted by Crippen LogP contribution is 2.20. The predicted octanol–water partition coefficient (Wildman–Crippen LogP) is 1.81. The molecule has 0 amide bonds. The van der Waals surface area contributed by atoms with E-state index in [2.05, 4.69) is 16.5 Å². The topological polar surface area (TPSA) is 72.2 Å². The Hall–Kier alpha value is -1.92. The van der Waals surface area contributed by atoms with Crippen LogP contribution in [0.25, 0.3) is 11.3 Å². The van der Waals surface area contributed by atoms with Gasteiger partial charge in [-0.1, -0.05) is 41.6 Å². The number of benzene rings is 1. The molecule has 1 aromatic heterocycles. The van der Waals surface area contributed by atoms with Gasteiger partial charge < -0.3 is 4.52 Å². The van der Waals surface area contributed by atoms with Gasteiger partial charge in [-0.3, -0.25) is 0 Å². The predicted molar refractivity (Wildman–Crippen MR) is 67.3 cm³/mol. The van der Waals surface area contributed by atoms with E-state index in [0.717, 1.165) is 5.56 Å². The zero-order valence-electron chi connectivity index (χ0n) is 9.54. The summed E-state index contributed by atoms with van der Waals surface area (Å²) in [6.07, 6.45) is 1.45. The minimum absolute atomic E-state index is 0.143. The maximum atomic E-state index is 11.7. The van der Waals surface area contributed by atoms with Crippen molar-refractivity contribution in [2.45, 2.75) is 5.09 Å². The fourth-order valence-electron chi connectivity index (χ4n) is 1.37. The van der Waals surface area contributed by atoms with E-state index in [9.17, 15) is 8.42 Å². The molecule has 2 rings (SSSR count). The largest absolute Gasteiger partial charge is 0.343 e. The third-order valence-electron chi connectivity index (χ3n) is 2.24. The fourth-order valence-corrected chi connectivity index (χ4v) is 2.25. The van der Waals surface area contributed by atoms with Crippen molar-refractivity contribution in [3.05, 3.63) is 49.1 Å². The first-order chi connectivity index (χ1) is 8.63. The molecular weight excluding hydrogens is 252 g/mol. The highest BCUT2D eigenvalue weighted by molar-refractivity contribution is 7.89. The summed E-state index contributed by atoms with van der Waals surface area (Å²) in [7, 11) is -3.66. The quantitative estimate of drug-likeness (QED) is 0.836. The van der Waals surface area contributed by atoms with E-state index in [1.165, 1.54) is 12.1 Å². The van der Waals surface area contributed by atoms with Crippen LogP contribution in [-0.2, 0) is 10.0 Å². The maximum Gasteiger partial charge on any atom is 0.277 e. The number of hydrogen-bond donors (Lipinski definition) is 1. The second kappa shape index (κ2) is 5.16. The van der Waals surface area contributed by atoms with Crippen LogP contribution in [0.1, 0.15) is 0 Å². The summed E-state index contributed by atoms with van der Waals surface area (Å²) in [5, 5.41) is 3.54. The van der Waals surface area contributed by atoms with Crippen molar-refractivity contribution in [2.24, 2.45) is 0 Å². The fraction of sp³-hybridized carbons (Fsp3) is 0.0833. The molecule has 6 heteroatoms. The Morgan fingerprint density at radius 3 is 2.72 bits per heavy atom. The number of aromatic nitrogens is 1. The lowest BCUT2D eigenvalue weighted by Crippen LogP contribution is -2.23. The molecule has 1 heterocycles. The van der Waals surface area contributed by atoms with Gasteiger partial charge in [0.05, 0.1) is 0 Å². The maximum absolute atomic E-state index is 11.7. The van der Waals surface area contributed by atoms with Crippen molar-refractivity contribution >= 4 is 10.0 Å². The van der Waals surface area contributed by atoms with Crippen molar-refractivity contribution in [2.75, 3.05) is 6.54 Å². The Bertz CT molecular complexity index is 632. The minimum Gasteiger partial charge on any atom is -0.343 e. The first-order valence-electron chi connectivity index (χ1n) is 5.26. The van der Waals surface area contributed by atoms with Gasteiger partial charge in [0.1, 0.15) is 5.69 Å². The van der Waals surface area contributed by atoms with E-state index >= 15 is 0 Å². The van der Waals surface area contributed by atoms with Gasteiger partial charge in [0, 0.05) is 18.2 Å². The summed E-state index contributed by atoms with van der Waals surface area (Å²) in [5.74, 6) is 0. The van der Waals surface area contributed by atoms with Crippen LogP contribution in [0.3, 0.4) is 0 Å². The molecule has 0 radical (unpaired) electrons. The van der Waals surface area contributed by atoms with E-state index in [1.807, 2.05) is 30.3 Å². The third kappa shape index (κ3) is 2.66. The molecule has 0 atom stereocenters. The molecule has 1 N–H and O–H groups in total. The summed E-state index contributed by atoms with van der Waals surface area (Å²) in [4.78, 5) is 0. The Kier molecular flexibility index (Phi) is 3.59. The molecule has 2 aromatic rings. The molecule has 94 valence electrons. The Morgan fingerprint density at radius 2 is 2.06 bits per heavy atom. The van der Waals surface area contributed by atoms with Crippen molar-refractivity contribution in [1.29, 1.82) is 0 Å². The molecule has 0 unspecified atom stereocenters. The summed E-state index contributed by atoms with van der Waals surface area (Å²) >= 11 is 0. The SMILES string of the molecule is C=CCNS(=O)(=O)c1cc(-c2ccccc2)no1. The van der Waals surface area contributed by atoms with Crippen LogP contribution in [0.5, 0.6) is 0 Å². The van der Waals surface area contributed by atoms with Crippen LogP contribution >= 0.6 is 0 Å². The van der Waals surface area contributed by atoms with Crippen LogP contribution < -0.4 is 4.72 Å². The number of rotatable bonds is 5. The average molecular weight is 264 g/mol. The van der Waals surface area contributed by atoms with Crippen molar-refractivity contribution < 1.29 is 12.9 Å². The first kappa shape index (κ1) is 12.5. The van der Waals surface area contributed by atoms with E-state index in [1.54, 1.807) is 0 Å². The highest BCUT2D eigenvalue weighted by atomic mass is 32.2. The second-order valence-electron chi connectivity index (χ2n) is 3.54.